The molecular weight excluding hydrogens is 624 g/mol. The number of carbonyl (C=O) groups is 2. The van der Waals surface area contributed by atoms with Crippen molar-refractivity contribution in [1.82, 2.24) is 19.7 Å². The molecule has 3 heterocycles. The fourth-order valence-corrected chi connectivity index (χ4v) is 6.84. The van der Waals surface area contributed by atoms with Crippen molar-refractivity contribution in [2.45, 2.75) is 57.0 Å². The van der Waals surface area contributed by atoms with Gasteiger partial charge in [0, 0.05) is 41.3 Å². The third kappa shape index (κ3) is 6.95. The maximum Gasteiger partial charge on any atom is 0.493 e. The van der Waals surface area contributed by atoms with E-state index in [9.17, 15) is 27.2 Å². The van der Waals surface area contributed by atoms with Gasteiger partial charge in [0.2, 0.25) is 5.13 Å². The van der Waals surface area contributed by atoms with Crippen LogP contribution in [0.5, 0.6) is 0 Å². The normalized spacial score (nSPS) is 17.2. The number of nitrogens with zero attached hydrogens (tertiary/aromatic N) is 6. The second kappa shape index (κ2) is 13.0. The number of likely N-dealkylation sites (tertiary alicyclic amines) is 1. The molecule has 238 valence electrons. The van der Waals surface area contributed by atoms with E-state index in [1.807, 2.05) is 0 Å². The summed E-state index contributed by atoms with van der Waals surface area (Å²) < 4.78 is 55.2. The first-order valence-electron chi connectivity index (χ1n) is 14.7. The van der Waals surface area contributed by atoms with Gasteiger partial charge < -0.3 is 4.84 Å². The molecule has 1 aliphatic carbocycles. The van der Waals surface area contributed by atoms with Gasteiger partial charge in [-0.05, 0) is 67.5 Å². The number of carbonyl (C=O) groups excluding carboxylic acids is 2. The van der Waals surface area contributed by atoms with Crippen LogP contribution < -0.4 is 5.06 Å². The molecule has 2 aromatic carbocycles. The Balaban J connectivity index is 1.22. The molecule has 46 heavy (non-hydrogen) atoms. The maximum atomic E-state index is 13.7. The highest BCUT2D eigenvalue weighted by molar-refractivity contribution is 7.15. The lowest BCUT2D eigenvalue weighted by atomic mass is 9.94. The molecule has 6 rings (SSSR count). The zero-order chi connectivity index (χ0) is 32.4. The molecule has 1 atom stereocenters. The molecule has 0 saturated carbocycles. The molecule has 2 aliphatic rings. The van der Waals surface area contributed by atoms with Crippen molar-refractivity contribution >= 4 is 28.3 Å². The summed E-state index contributed by atoms with van der Waals surface area (Å²) in [6.45, 7) is 1.50. The quantitative estimate of drug-likeness (QED) is 0.189. The maximum absolute atomic E-state index is 13.7. The highest BCUT2D eigenvalue weighted by atomic mass is 32.1. The standard InChI is InChI=1S/C32H28F4N6O3S/c33-25-10-12-40(13-11-25)26-8-9-27-28(15-26)46-31(39-27)42(45-30(44)32(34,35)36)29(43)23-3-1-2-21(14-23)18-41-19-24(17-38-41)22-6-4-20(16-37)5-7-22/h1-7,14,17,19,25-26H,8-13,15,18H2. The van der Waals surface area contributed by atoms with Crippen LogP contribution in [0.3, 0.4) is 0 Å². The Morgan fingerprint density at radius 3 is 2.57 bits per heavy atom. The number of amides is 1. The van der Waals surface area contributed by atoms with Gasteiger partial charge in [0.05, 0.1) is 30.1 Å². The number of aryl methyl sites for hydroxylation is 1. The minimum Gasteiger partial charge on any atom is -0.322 e. The highest BCUT2D eigenvalue weighted by Gasteiger charge is 2.44. The fourth-order valence-electron chi connectivity index (χ4n) is 5.72. The van der Waals surface area contributed by atoms with Crippen LogP contribution in [-0.2, 0) is 29.0 Å². The van der Waals surface area contributed by atoms with Gasteiger partial charge in [0.25, 0.3) is 5.91 Å². The van der Waals surface area contributed by atoms with E-state index in [-0.39, 0.29) is 23.3 Å². The summed E-state index contributed by atoms with van der Waals surface area (Å²) in [5.74, 6) is -3.52. The number of nitriles is 1. The zero-order valence-electron chi connectivity index (χ0n) is 24.4. The predicted octanol–water partition coefficient (Wildman–Crippen LogP) is 5.89. The van der Waals surface area contributed by atoms with Crippen LogP contribution in [0.2, 0.25) is 0 Å². The van der Waals surface area contributed by atoms with Crippen LogP contribution in [0.4, 0.5) is 22.7 Å². The van der Waals surface area contributed by atoms with Gasteiger partial charge in [-0.1, -0.05) is 35.6 Å². The van der Waals surface area contributed by atoms with Crippen molar-refractivity contribution in [3.63, 3.8) is 0 Å². The van der Waals surface area contributed by atoms with Crippen molar-refractivity contribution in [2.24, 2.45) is 0 Å². The molecule has 1 unspecified atom stereocenters. The molecule has 9 nitrogen and oxygen atoms in total. The number of hydrogen-bond donors (Lipinski definition) is 0. The van der Waals surface area contributed by atoms with Gasteiger partial charge in [0.1, 0.15) is 6.17 Å². The van der Waals surface area contributed by atoms with Crippen LogP contribution in [0.1, 0.15) is 51.3 Å². The first-order chi connectivity index (χ1) is 22.1. The summed E-state index contributed by atoms with van der Waals surface area (Å²) in [6.07, 6.45) is 0.0673. The van der Waals surface area contributed by atoms with Crippen molar-refractivity contribution in [1.29, 1.82) is 5.26 Å². The van der Waals surface area contributed by atoms with E-state index >= 15 is 0 Å². The second-order valence-electron chi connectivity index (χ2n) is 11.3. The zero-order valence-corrected chi connectivity index (χ0v) is 25.2. The molecule has 4 aromatic rings. The summed E-state index contributed by atoms with van der Waals surface area (Å²) in [5, 5.41) is 13.6. The van der Waals surface area contributed by atoms with Gasteiger partial charge in [-0.25, -0.2) is 14.2 Å². The average molecular weight is 653 g/mol. The lowest BCUT2D eigenvalue weighted by Gasteiger charge is -2.37. The number of hydrogen-bond acceptors (Lipinski definition) is 8. The van der Waals surface area contributed by atoms with E-state index in [1.165, 1.54) is 12.1 Å². The molecule has 1 saturated heterocycles. The molecular formula is C32H28F4N6O3S. The molecule has 0 radical (unpaired) electrons. The fraction of sp³-hybridized carbons (Fsp3) is 0.344. The van der Waals surface area contributed by atoms with Crippen LogP contribution in [0.15, 0.2) is 60.9 Å². The Hall–Kier alpha value is -4.61. The second-order valence-corrected chi connectivity index (χ2v) is 12.3. The summed E-state index contributed by atoms with van der Waals surface area (Å²) >= 11 is 1.01. The van der Waals surface area contributed by atoms with E-state index in [4.69, 9.17) is 5.26 Å². The average Bonchev–Trinajstić information content (AvgIpc) is 3.70. The third-order valence-corrected chi connectivity index (χ3v) is 9.23. The third-order valence-electron chi connectivity index (χ3n) is 8.14. The number of alkyl halides is 4. The number of hydroxylamine groups is 1. The van der Waals surface area contributed by atoms with Crippen LogP contribution in [-0.4, -0.2) is 63.0 Å². The van der Waals surface area contributed by atoms with E-state index < -0.39 is 24.2 Å². The largest absolute Gasteiger partial charge is 0.493 e. The van der Waals surface area contributed by atoms with Crippen molar-refractivity contribution < 1.29 is 32.0 Å². The Kier molecular flexibility index (Phi) is 8.88. The van der Waals surface area contributed by atoms with Crippen LogP contribution in [0.25, 0.3) is 11.1 Å². The molecule has 0 spiro atoms. The Bertz CT molecular complexity index is 1770. The van der Waals surface area contributed by atoms with E-state index in [1.54, 1.807) is 53.5 Å². The minimum atomic E-state index is -5.34. The van der Waals surface area contributed by atoms with Gasteiger partial charge in [-0.2, -0.15) is 23.5 Å². The summed E-state index contributed by atoms with van der Waals surface area (Å²) in [5.41, 5.74) is 3.46. The molecule has 2 aromatic heterocycles. The SMILES string of the molecule is N#Cc1ccc(-c2cnn(Cc3cccc(C(=O)N(OC(=O)C(F)(F)F)c4nc5c(s4)CC(N4CCC(F)CC4)CC5)c3)c2)cc1. The lowest BCUT2D eigenvalue weighted by molar-refractivity contribution is -0.199. The van der Waals surface area contributed by atoms with Gasteiger partial charge in [0.15, 0.2) is 0 Å². The predicted molar refractivity (Wildman–Crippen MR) is 161 cm³/mol. The van der Waals surface area contributed by atoms with Gasteiger partial charge in [-0.15, -0.1) is 5.06 Å². The summed E-state index contributed by atoms with van der Waals surface area (Å²) in [4.78, 5) is 37.7. The van der Waals surface area contributed by atoms with Gasteiger partial charge in [-0.3, -0.25) is 14.4 Å². The monoisotopic (exact) mass is 652 g/mol. The molecule has 1 fully saturated rings. The smallest absolute Gasteiger partial charge is 0.322 e. The minimum absolute atomic E-state index is 0.00733. The van der Waals surface area contributed by atoms with Crippen LogP contribution in [0, 0.1) is 11.3 Å². The number of aromatic nitrogens is 3. The first-order valence-corrected chi connectivity index (χ1v) is 15.5. The molecule has 0 N–H and O–H groups in total. The number of benzene rings is 2. The summed E-state index contributed by atoms with van der Waals surface area (Å²) in [7, 11) is 0. The van der Waals surface area contributed by atoms with Gasteiger partial charge >= 0.3 is 12.1 Å². The number of halogens is 4. The first kappa shape index (κ1) is 31.4. The Morgan fingerprint density at radius 1 is 1.09 bits per heavy atom. The Labute approximate surface area is 265 Å². The number of fused-ring (bicyclic) bond motifs is 1. The van der Waals surface area contributed by atoms with E-state index in [0.29, 0.717) is 60.7 Å². The number of rotatable bonds is 6. The molecule has 1 amide bonds. The number of piperidine rings is 1. The lowest BCUT2D eigenvalue weighted by Crippen LogP contribution is -2.44. The highest BCUT2D eigenvalue weighted by Crippen LogP contribution is 2.36. The molecule has 0 bridgehead atoms. The molecule has 1 aliphatic heterocycles. The van der Waals surface area contributed by atoms with Crippen molar-refractivity contribution in [3.8, 4) is 17.2 Å². The molecule has 14 heteroatoms. The van der Waals surface area contributed by atoms with E-state index in [2.05, 4.69) is 25.9 Å². The number of thiazole rings is 1. The van der Waals surface area contributed by atoms with Crippen LogP contribution >= 0.6 is 11.3 Å². The van der Waals surface area contributed by atoms with Crippen molar-refractivity contribution in [2.75, 3.05) is 18.2 Å². The van der Waals surface area contributed by atoms with Crippen molar-refractivity contribution in [3.05, 3.63) is 88.2 Å². The Morgan fingerprint density at radius 2 is 1.85 bits per heavy atom. The van der Waals surface area contributed by atoms with E-state index in [0.717, 1.165) is 33.8 Å². The number of anilines is 1. The summed E-state index contributed by atoms with van der Waals surface area (Å²) in [6, 6.07) is 15.5. The topological polar surface area (TPSA) is 104 Å².